The van der Waals surface area contributed by atoms with Crippen LogP contribution in [0.1, 0.15) is 24.0 Å². The Balaban J connectivity index is 1.97. The largest absolute Gasteiger partial charge is 0.393 e. The van der Waals surface area contributed by atoms with Crippen LogP contribution in [-0.4, -0.2) is 42.5 Å². The Labute approximate surface area is 130 Å². The Morgan fingerprint density at radius 2 is 1.95 bits per heavy atom. The number of hydrogen-bond acceptors (Lipinski definition) is 4. The first-order valence-corrected chi connectivity index (χ1v) is 8.80. The molecule has 0 atom stereocenters. The Morgan fingerprint density at radius 3 is 2.43 bits per heavy atom. The van der Waals surface area contributed by atoms with Crippen LogP contribution in [0.4, 0.5) is 0 Å². The zero-order valence-corrected chi connectivity index (χ0v) is 13.5. The third kappa shape index (κ3) is 4.23. The zero-order chi connectivity index (χ0) is 15.6. The third-order valence-corrected chi connectivity index (χ3v) is 5.82. The molecule has 0 aliphatic heterocycles. The summed E-state index contributed by atoms with van der Waals surface area (Å²) in [5, 5.41) is 9.25. The lowest BCUT2D eigenvalue weighted by Crippen LogP contribution is -2.39. The van der Waals surface area contributed by atoms with Crippen LogP contribution in [0.15, 0.2) is 24.3 Å². The van der Waals surface area contributed by atoms with Crippen LogP contribution in [-0.2, 0) is 15.8 Å². The van der Waals surface area contributed by atoms with Crippen molar-refractivity contribution >= 4 is 27.2 Å². The first-order valence-electron chi connectivity index (χ1n) is 6.79. The monoisotopic (exact) mass is 328 g/mol. The van der Waals surface area contributed by atoms with E-state index in [1.807, 2.05) is 0 Å². The standard InChI is InChI=1S/C14H20N2O3S2/c1-16(8-11-6-13(17)7-11)21(18,19)9-10-2-4-12(5-3-10)14(15)20/h2-5,11,13,17H,6-9H2,1H3,(H2,15,20). The maximum atomic E-state index is 12.3. The lowest BCUT2D eigenvalue weighted by molar-refractivity contribution is 0.0367. The predicted octanol–water partition coefficient (Wildman–Crippen LogP) is 0.853. The van der Waals surface area contributed by atoms with Crippen molar-refractivity contribution in [2.75, 3.05) is 13.6 Å². The molecule has 7 heteroatoms. The minimum atomic E-state index is -3.35. The highest BCUT2D eigenvalue weighted by molar-refractivity contribution is 7.88. The molecule has 0 amide bonds. The highest BCUT2D eigenvalue weighted by Gasteiger charge is 2.31. The summed E-state index contributed by atoms with van der Waals surface area (Å²) in [5.41, 5.74) is 6.94. The first-order chi connectivity index (χ1) is 9.78. The van der Waals surface area contributed by atoms with Crippen LogP contribution in [0.2, 0.25) is 0 Å². The van der Waals surface area contributed by atoms with Gasteiger partial charge < -0.3 is 10.8 Å². The van der Waals surface area contributed by atoms with Crippen LogP contribution < -0.4 is 5.73 Å². The van der Waals surface area contributed by atoms with E-state index >= 15 is 0 Å². The van der Waals surface area contributed by atoms with Gasteiger partial charge in [0.15, 0.2) is 0 Å². The van der Waals surface area contributed by atoms with E-state index < -0.39 is 10.0 Å². The minimum absolute atomic E-state index is 0.0453. The van der Waals surface area contributed by atoms with E-state index in [9.17, 15) is 13.5 Å². The molecule has 5 nitrogen and oxygen atoms in total. The van der Waals surface area contributed by atoms with E-state index in [0.29, 0.717) is 29.9 Å². The van der Waals surface area contributed by atoms with E-state index in [0.717, 1.165) is 5.56 Å². The van der Waals surface area contributed by atoms with Gasteiger partial charge in [-0.05, 0) is 24.3 Å². The molecule has 0 saturated heterocycles. The Morgan fingerprint density at radius 1 is 1.38 bits per heavy atom. The summed E-state index contributed by atoms with van der Waals surface area (Å²) in [5.74, 6) is 0.216. The molecule has 116 valence electrons. The summed E-state index contributed by atoms with van der Waals surface area (Å²) in [6, 6.07) is 6.92. The van der Waals surface area contributed by atoms with Crippen molar-refractivity contribution in [3.63, 3.8) is 0 Å². The van der Waals surface area contributed by atoms with Gasteiger partial charge in [0.1, 0.15) is 4.99 Å². The van der Waals surface area contributed by atoms with Gasteiger partial charge in [-0.3, -0.25) is 0 Å². The van der Waals surface area contributed by atoms with Gasteiger partial charge in [0.2, 0.25) is 10.0 Å². The molecule has 1 aliphatic carbocycles. The van der Waals surface area contributed by atoms with Gasteiger partial charge >= 0.3 is 0 Å². The molecule has 1 aromatic carbocycles. The molecule has 0 spiro atoms. The molecule has 0 bridgehead atoms. The molecule has 1 aromatic rings. The molecule has 0 aromatic heterocycles. The summed E-state index contributed by atoms with van der Waals surface area (Å²) in [7, 11) is -1.76. The minimum Gasteiger partial charge on any atom is -0.393 e. The van der Waals surface area contributed by atoms with Crippen molar-refractivity contribution < 1.29 is 13.5 Å². The number of thiocarbonyl (C=S) groups is 1. The molecule has 0 heterocycles. The smallest absolute Gasteiger partial charge is 0.218 e. The summed E-state index contributed by atoms with van der Waals surface area (Å²) in [6.07, 6.45) is 1.10. The van der Waals surface area contributed by atoms with Crippen molar-refractivity contribution in [3.8, 4) is 0 Å². The van der Waals surface area contributed by atoms with Crippen molar-refractivity contribution in [2.24, 2.45) is 11.7 Å². The molecule has 2 rings (SSSR count). The maximum Gasteiger partial charge on any atom is 0.218 e. The average molecular weight is 328 g/mol. The van der Waals surface area contributed by atoms with Crippen molar-refractivity contribution in [2.45, 2.75) is 24.7 Å². The first kappa shape index (κ1) is 16.4. The van der Waals surface area contributed by atoms with Gasteiger partial charge in [0, 0.05) is 19.2 Å². The predicted molar refractivity (Wildman–Crippen MR) is 86.3 cm³/mol. The van der Waals surface area contributed by atoms with Gasteiger partial charge in [-0.2, -0.15) is 0 Å². The molecular formula is C14H20N2O3S2. The number of nitrogens with zero attached hydrogens (tertiary/aromatic N) is 1. The topological polar surface area (TPSA) is 83.6 Å². The van der Waals surface area contributed by atoms with E-state index in [-0.39, 0.29) is 17.8 Å². The second-order valence-electron chi connectivity index (χ2n) is 5.59. The van der Waals surface area contributed by atoms with Crippen molar-refractivity contribution in [3.05, 3.63) is 35.4 Å². The summed E-state index contributed by atoms with van der Waals surface area (Å²) < 4.78 is 26.0. The Bertz CT molecular complexity index is 608. The highest BCUT2D eigenvalue weighted by Crippen LogP contribution is 2.28. The molecular weight excluding hydrogens is 308 g/mol. The van der Waals surface area contributed by atoms with Gasteiger partial charge in [0.05, 0.1) is 11.9 Å². The normalized spacial score (nSPS) is 22.0. The molecule has 21 heavy (non-hydrogen) atoms. The SMILES string of the molecule is CN(CC1CC(O)C1)S(=O)(=O)Cc1ccc(C(N)=S)cc1. The number of nitrogens with two attached hydrogens (primary N) is 1. The van der Waals surface area contributed by atoms with Gasteiger partial charge in [-0.25, -0.2) is 12.7 Å². The lowest BCUT2D eigenvalue weighted by atomic mass is 9.82. The van der Waals surface area contributed by atoms with Crippen LogP contribution >= 0.6 is 12.2 Å². The fourth-order valence-electron chi connectivity index (χ4n) is 2.41. The lowest BCUT2D eigenvalue weighted by Gasteiger charge is -2.34. The molecule has 1 fully saturated rings. The Kier molecular flexibility index (Phi) is 4.98. The summed E-state index contributed by atoms with van der Waals surface area (Å²) in [4.78, 5) is 0.296. The van der Waals surface area contributed by atoms with E-state index in [2.05, 4.69) is 0 Å². The Hall–Kier alpha value is -1.02. The number of aliphatic hydroxyl groups is 1. The van der Waals surface area contributed by atoms with E-state index in [1.165, 1.54) is 4.31 Å². The van der Waals surface area contributed by atoms with Gasteiger partial charge in [0.25, 0.3) is 0 Å². The van der Waals surface area contributed by atoms with E-state index in [4.69, 9.17) is 18.0 Å². The number of sulfonamides is 1. The molecule has 3 N–H and O–H groups in total. The maximum absolute atomic E-state index is 12.3. The van der Waals surface area contributed by atoms with Crippen molar-refractivity contribution in [1.29, 1.82) is 0 Å². The highest BCUT2D eigenvalue weighted by atomic mass is 32.2. The summed E-state index contributed by atoms with van der Waals surface area (Å²) >= 11 is 4.86. The summed E-state index contributed by atoms with van der Waals surface area (Å²) in [6.45, 7) is 0.463. The fraction of sp³-hybridized carbons (Fsp3) is 0.500. The van der Waals surface area contributed by atoms with Gasteiger partial charge in [-0.1, -0.05) is 36.5 Å². The van der Waals surface area contributed by atoms with Crippen LogP contribution in [0.3, 0.4) is 0 Å². The zero-order valence-electron chi connectivity index (χ0n) is 11.9. The van der Waals surface area contributed by atoms with Crippen molar-refractivity contribution in [1.82, 2.24) is 4.31 Å². The second kappa shape index (κ2) is 6.39. The van der Waals surface area contributed by atoms with Gasteiger partial charge in [-0.15, -0.1) is 0 Å². The molecule has 0 unspecified atom stereocenters. The number of rotatable bonds is 6. The number of hydrogen-bond donors (Lipinski definition) is 2. The molecule has 1 aliphatic rings. The second-order valence-corrected chi connectivity index (χ2v) is 8.10. The van der Waals surface area contributed by atoms with Crippen LogP contribution in [0, 0.1) is 5.92 Å². The quantitative estimate of drug-likeness (QED) is 0.757. The van der Waals surface area contributed by atoms with Crippen LogP contribution in [0.5, 0.6) is 0 Å². The third-order valence-electron chi connectivity index (χ3n) is 3.79. The van der Waals surface area contributed by atoms with Crippen LogP contribution in [0.25, 0.3) is 0 Å². The average Bonchev–Trinajstić information content (AvgIpc) is 2.37. The number of benzene rings is 1. The molecule has 1 saturated carbocycles. The molecule has 0 radical (unpaired) electrons. The van der Waals surface area contributed by atoms with E-state index in [1.54, 1.807) is 31.3 Å². The number of aliphatic hydroxyl groups excluding tert-OH is 1. The fourth-order valence-corrected chi connectivity index (χ4v) is 3.82.